The van der Waals surface area contributed by atoms with Gasteiger partial charge in [0.05, 0.1) is 13.2 Å². The number of esters is 2. The van der Waals surface area contributed by atoms with Crippen LogP contribution in [0, 0.1) is 11.8 Å². The molecule has 0 amide bonds. The number of carbonyl (C=O) groups is 2. The van der Waals surface area contributed by atoms with Crippen LogP contribution < -0.4 is 5.32 Å². The van der Waals surface area contributed by atoms with Gasteiger partial charge in [-0.25, -0.2) is 0 Å². The van der Waals surface area contributed by atoms with Crippen LogP contribution >= 0.6 is 0 Å². The Morgan fingerprint density at radius 3 is 2.12 bits per heavy atom. The number of ether oxygens (including phenoxy) is 2. The zero-order chi connectivity index (χ0) is 18.0. The lowest BCUT2D eigenvalue weighted by Crippen LogP contribution is -2.32. The highest BCUT2D eigenvalue weighted by Gasteiger charge is 2.22. The van der Waals surface area contributed by atoms with Gasteiger partial charge in [0.2, 0.25) is 0 Å². The van der Waals surface area contributed by atoms with Crippen LogP contribution in [0.15, 0.2) is 0 Å². The molecule has 1 rings (SSSR count). The molecule has 1 N–H and O–H groups in total. The van der Waals surface area contributed by atoms with Crippen LogP contribution in [0.25, 0.3) is 0 Å². The molecule has 24 heavy (non-hydrogen) atoms. The topological polar surface area (TPSA) is 64.6 Å². The van der Waals surface area contributed by atoms with Crippen LogP contribution in [-0.4, -0.2) is 37.2 Å². The summed E-state index contributed by atoms with van der Waals surface area (Å²) in [7, 11) is 0. The van der Waals surface area contributed by atoms with Crippen LogP contribution in [0.3, 0.4) is 0 Å². The van der Waals surface area contributed by atoms with Crippen LogP contribution in [0.4, 0.5) is 0 Å². The van der Waals surface area contributed by atoms with Crippen molar-refractivity contribution in [1.82, 2.24) is 5.32 Å². The minimum absolute atomic E-state index is 0.0639. The van der Waals surface area contributed by atoms with Crippen molar-refractivity contribution >= 4 is 11.9 Å². The smallest absolute Gasteiger partial charge is 0.320 e. The number of nitrogens with one attached hydrogen (secondary N) is 1. The fourth-order valence-electron chi connectivity index (χ4n) is 3.24. The molecule has 5 heteroatoms. The lowest BCUT2D eigenvalue weighted by Gasteiger charge is -2.28. The minimum atomic E-state index is -0.416. The van der Waals surface area contributed by atoms with Gasteiger partial charge in [-0.15, -0.1) is 0 Å². The first-order valence-electron chi connectivity index (χ1n) is 9.38. The third kappa shape index (κ3) is 9.91. The average Bonchev–Trinajstić information content (AvgIpc) is 2.49. The predicted octanol–water partition coefficient (Wildman–Crippen LogP) is 3.46. The number of rotatable bonds is 9. The summed E-state index contributed by atoms with van der Waals surface area (Å²) in [5.41, 5.74) is -0.416. The van der Waals surface area contributed by atoms with E-state index < -0.39 is 5.60 Å². The van der Waals surface area contributed by atoms with Crippen molar-refractivity contribution in [3.63, 3.8) is 0 Å². The van der Waals surface area contributed by atoms with Crippen molar-refractivity contribution in [1.29, 1.82) is 0 Å². The van der Waals surface area contributed by atoms with Gasteiger partial charge < -0.3 is 14.8 Å². The molecule has 0 unspecified atom stereocenters. The van der Waals surface area contributed by atoms with Gasteiger partial charge in [0.25, 0.3) is 0 Å². The lowest BCUT2D eigenvalue weighted by atomic mass is 9.79. The quantitative estimate of drug-likeness (QED) is 0.514. The molecule has 0 aromatic heterocycles. The fraction of sp³-hybridized carbons (Fsp3) is 0.895. The second-order valence-electron chi connectivity index (χ2n) is 7.78. The molecule has 0 atom stereocenters. The van der Waals surface area contributed by atoms with Crippen LogP contribution in [0.1, 0.15) is 72.6 Å². The molecule has 0 saturated heterocycles. The third-order valence-electron chi connectivity index (χ3n) is 4.45. The zero-order valence-corrected chi connectivity index (χ0v) is 15.9. The maximum Gasteiger partial charge on any atom is 0.320 e. The van der Waals surface area contributed by atoms with Crippen molar-refractivity contribution in [3.05, 3.63) is 0 Å². The third-order valence-corrected chi connectivity index (χ3v) is 4.45. The summed E-state index contributed by atoms with van der Waals surface area (Å²) in [4.78, 5) is 23.0. The minimum Gasteiger partial charge on any atom is -0.466 e. The van der Waals surface area contributed by atoms with Crippen molar-refractivity contribution in [2.45, 2.75) is 78.2 Å². The van der Waals surface area contributed by atoms with Crippen molar-refractivity contribution in [2.75, 3.05) is 19.7 Å². The van der Waals surface area contributed by atoms with Crippen LogP contribution in [-0.2, 0) is 19.1 Å². The molecule has 0 aliphatic heterocycles. The molecule has 0 heterocycles. The molecule has 1 aliphatic rings. The molecule has 0 bridgehead atoms. The monoisotopic (exact) mass is 341 g/mol. The average molecular weight is 341 g/mol. The van der Waals surface area contributed by atoms with Crippen molar-refractivity contribution < 1.29 is 19.1 Å². The second kappa shape index (κ2) is 10.7. The Hall–Kier alpha value is -1.10. The Balaban J connectivity index is 2.06. The van der Waals surface area contributed by atoms with E-state index in [0.717, 1.165) is 25.3 Å². The largest absolute Gasteiger partial charge is 0.466 e. The second-order valence-corrected chi connectivity index (χ2v) is 7.78. The lowest BCUT2D eigenvalue weighted by molar-refractivity contribution is -0.153. The summed E-state index contributed by atoms with van der Waals surface area (Å²) in [5, 5.41) is 3.18. The van der Waals surface area contributed by atoms with E-state index in [4.69, 9.17) is 9.47 Å². The molecule has 0 radical (unpaired) electrons. The van der Waals surface area contributed by atoms with Gasteiger partial charge in [-0.05, 0) is 58.9 Å². The highest BCUT2D eigenvalue weighted by atomic mass is 16.6. The van der Waals surface area contributed by atoms with E-state index in [2.05, 4.69) is 5.32 Å². The van der Waals surface area contributed by atoms with Crippen molar-refractivity contribution in [3.8, 4) is 0 Å². The highest BCUT2D eigenvalue weighted by Crippen LogP contribution is 2.33. The molecular formula is C19H35NO4. The maximum absolute atomic E-state index is 11.6. The van der Waals surface area contributed by atoms with E-state index in [1.54, 1.807) is 0 Å². The molecule has 5 nitrogen and oxygen atoms in total. The summed E-state index contributed by atoms with van der Waals surface area (Å²) in [5.74, 6) is 1.14. The van der Waals surface area contributed by atoms with Gasteiger partial charge >= 0.3 is 11.9 Å². The fourth-order valence-corrected chi connectivity index (χ4v) is 3.24. The Bertz CT molecular complexity index is 381. The van der Waals surface area contributed by atoms with Gasteiger partial charge in [0, 0.05) is 6.42 Å². The van der Waals surface area contributed by atoms with E-state index in [-0.39, 0.29) is 18.5 Å². The Morgan fingerprint density at radius 2 is 1.58 bits per heavy atom. The van der Waals surface area contributed by atoms with E-state index in [0.29, 0.717) is 18.9 Å². The van der Waals surface area contributed by atoms with Crippen LogP contribution in [0.5, 0.6) is 0 Å². The predicted molar refractivity (Wildman–Crippen MR) is 94.6 cm³/mol. The van der Waals surface area contributed by atoms with Gasteiger partial charge in [0.15, 0.2) is 0 Å². The summed E-state index contributed by atoms with van der Waals surface area (Å²) >= 11 is 0. The van der Waals surface area contributed by atoms with E-state index >= 15 is 0 Å². The highest BCUT2D eigenvalue weighted by molar-refractivity contribution is 5.72. The molecule has 1 saturated carbocycles. The summed E-state index contributed by atoms with van der Waals surface area (Å²) in [6.07, 6.45) is 7.48. The maximum atomic E-state index is 11.6. The van der Waals surface area contributed by atoms with Gasteiger partial charge in [-0.2, -0.15) is 0 Å². The van der Waals surface area contributed by atoms with Gasteiger partial charge in [-0.3, -0.25) is 9.59 Å². The molecule has 1 fully saturated rings. The molecule has 140 valence electrons. The number of hydrogen-bond acceptors (Lipinski definition) is 5. The first kappa shape index (κ1) is 20.9. The molecule has 0 aromatic rings. The van der Waals surface area contributed by atoms with Crippen LogP contribution in [0.2, 0.25) is 0 Å². The molecular weight excluding hydrogens is 306 g/mol. The number of carbonyl (C=O) groups excluding carboxylic acids is 2. The van der Waals surface area contributed by atoms with Gasteiger partial charge in [0.1, 0.15) is 5.60 Å². The Labute approximate surface area is 146 Å². The van der Waals surface area contributed by atoms with E-state index in [1.807, 2.05) is 27.7 Å². The normalized spacial score (nSPS) is 21.3. The van der Waals surface area contributed by atoms with E-state index in [1.165, 1.54) is 25.7 Å². The zero-order valence-electron chi connectivity index (χ0n) is 15.9. The standard InChI is InChI=1S/C19H35NO4/c1-5-23-17(21)11-10-15-6-8-16(9-7-15)12-13-20-14-18(22)24-19(2,3)4/h15-16,20H,5-14H2,1-4H3. The first-order chi connectivity index (χ1) is 11.3. The first-order valence-corrected chi connectivity index (χ1v) is 9.38. The SMILES string of the molecule is CCOC(=O)CCC1CCC(CCNCC(=O)OC(C)(C)C)CC1. The molecule has 0 aromatic carbocycles. The number of hydrogen-bond donors (Lipinski definition) is 1. The molecule has 0 spiro atoms. The van der Waals surface area contributed by atoms with Gasteiger partial charge in [-0.1, -0.05) is 25.7 Å². The van der Waals surface area contributed by atoms with Crippen molar-refractivity contribution in [2.24, 2.45) is 11.8 Å². The molecule has 1 aliphatic carbocycles. The Morgan fingerprint density at radius 1 is 1.00 bits per heavy atom. The summed E-state index contributed by atoms with van der Waals surface area (Å²) in [6, 6.07) is 0. The summed E-state index contributed by atoms with van der Waals surface area (Å²) in [6.45, 7) is 9.10. The Kier molecular flexibility index (Phi) is 9.34. The van der Waals surface area contributed by atoms with E-state index in [9.17, 15) is 9.59 Å². The summed E-state index contributed by atoms with van der Waals surface area (Å²) < 4.78 is 10.3.